The Morgan fingerprint density at radius 3 is 2.46 bits per heavy atom. The molecule has 1 heterocycles. The van der Waals surface area contributed by atoms with Gasteiger partial charge < -0.3 is 19.9 Å². The molecule has 1 aliphatic carbocycles. The van der Waals surface area contributed by atoms with Gasteiger partial charge in [-0.3, -0.25) is 10.1 Å². The first-order valence-corrected chi connectivity index (χ1v) is 11.6. The van der Waals surface area contributed by atoms with Gasteiger partial charge in [-0.15, -0.1) is 0 Å². The molecule has 0 spiro atoms. The third-order valence-corrected chi connectivity index (χ3v) is 5.52. The van der Waals surface area contributed by atoms with Gasteiger partial charge in [-0.2, -0.15) is 0 Å². The Labute approximate surface area is 202 Å². The van der Waals surface area contributed by atoms with Gasteiger partial charge in [0.25, 0.3) is 5.91 Å². The summed E-state index contributed by atoms with van der Waals surface area (Å²) >= 11 is 0. The fraction of sp³-hybridized carbons (Fsp3) is 0.500. The summed E-state index contributed by atoms with van der Waals surface area (Å²) < 4.78 is 37.2. The van der Waals surface area contributed by atoms with Gasteiger partial charge in [0, 0.05) is 23.1 Å². The van der Waals surface area contributed by atoms with Crippen LogP contribution < -0.4 is 16.0 Å². The van der Waals surface area contributed by atoms with Crippen LogP contribution in [-0.4, -0.2) is 41.8 Å². The number of hydrogen-bond donors (Lipinski definition) is 3. The first-order valence-electron chi connectivity index (χ1n) is 11.6. The molecule has 2 amide bonds. The molecule has 1 aromatic carbocycles. The highest BCUT2D eigenvalue weighted by Gasteiger charge is 2.25. The quantitative estimate of drug-likeness (QED) is 0.419. The zero-order valence-electron chi connectivity index (χ0n) is 20.3. The number of aliphatic imine (C=N–C) groups is 1. The third kappa shape index (κ3) is 7.49. The van der Waals surface area contributed by atoms with Crippen molar-refractivity contribution in [3.63, 3.8) is 0 Å². The monoisotopic (exact) mass is 491 g/mol. The van der Waals surface area contributed by atoms with E-state index in [2.05, 4.69) is 26.1 Å². The summed E-state index contributed by atoms with van der Waals surface area (Å²) in [5, 5.41) is 12.4. The zero-order valence-corrected chi connectivity index (χ0v) is 20.3. The molecule has 0 saturated heterocycles. The van der Waals surface area contributed by atoms with Crippen LogP contribution in [-0.2, 0) is 10.2 Å². The molecular weight excluding hydrogens is 460 g/mol. The number of aromatic nitrogens is 1. The van der Waals surface area contributed by atoms with E-state index >= 15 is 0 Å². The van der Waals surface area contributed by atoms with E-state index in [0.29, 0.717) is 43.9 Å². The van der Waals surface area contributed by atoms with Crippen molar-refractivity contribution in [2.24, 2.45) is 4.99 Å². The molecule has 9 nitrogen and oxygen atoms in total. The molecule has 0 radical (unpaired) electrons. The highest BCUT2D eigenvalue weighted by Crippen LogP contribution is 2.25. The minimum absolute atomic E-state index is 0.0152. The predicted molar refractivity (Wildman–Crippen MR) is 126 cm³/mol. The van der Waals surface area contributed by atoms with E-state index in [1.807, 2.05) is 20.8 Å². The van der Waals surface area contributed by atoms with E-state index in [1.165, 1.54) is 6.07 Å². The van der Waals surface area contributed by atoms with Gasteiger partial charge in [0.15, 0.2) is 17.5 Å². The van der Waals surface area contributed by atoms with Crippen LogP contribution in [0, 0.1) is 11.6 Å². The lowest BCUT2D eigenvalue weighted by atomic mass is 9.92. The molecule has 1 saturated carbocycles. The van der Waals surface area contributed by atoms with Gasteiger partial charge in [0.2, 0.25) is 5.96 Å². The lowest BCUT2D eigenvalue weighted by molar-refractivity contribution is 0.0976. The molecular formula is C24H31F2N5O4. The molecule has 35 heavy (non-hydrogen) atoms. The minimum Gasteiger partial charge on any atom is -0.450 e. The van der Waals surface area contributed by atoms with E-state index in [9.17, 15) is 18.4 Å². The maximum Gasteiger partial charge on any atom is 0.407 e. The Morgan fingerprint density at radius 2 is 1.86 bits per heavy atom. The Kier molecular flexibility index (Phi) is 8.42. The van der Waals surface area contributed by atoms with Crippen LogP contribution in [0.5, 0.6) is 0 Å². The fourth-order valence-corrected chi connectivity index (χ4v) is 3.59. The van der Waals surface area contributed by atoms with Gasteiger partial charge in [-0.05, 0) is 50.8 Å². The summed E-state index contributed by atoms with van der Waals surface area (Å²) in [4.78, 5) is 29.0. The number of anilines is 1. The fourth-order valence-electron chi connectivity index (χ4n) is 3.59. The highest BCUT2D eigenvalue weighted by atomic mass is 19.2. The third-order valence-electron chi connectivity index (χ3n) is 5.52. The molecule has 190 valence electrons. The number of rotatable bonds is 5. The van der Waals surface area contributed by atoms with Gasteiger partial charge >= 0.3 is 6.09 Å². The maximum atomic E-state index is 13.6. The number of nitrogens with one attached hydrogen (secondary N) is 3. The minimum atomic E-state index is -1.12. The van der Waals surface area contributed by atoms with Crippen molar-refractivity contribution in [1.82, 2.24) is 15.8 Å². The van der Waals surface area contributed by atoms with Crippen LogP contribution in [0.3, 0.4) is 0 Å². The number of nitrogens with zero attached hydrogens (tertiary/aromatic N) is 2. The number of amides is 2. The van der Waals surface area contributed by atoms with Gasteiger partial charge in [-0.1, -0.05) is 25.9 Å². The molecule has 1 aromatic heterocycles. The molecule has 11 heteroatoms. The van der Waals surface area contributed by atoms with Crippen molar-refractivity contribution in [2.75, 3.05) is 11.9 Å². The molecule has 0 unspecified atom stereocenters. The van der Waals surface area contributed by atoms with Crippen LogP contribution in [0.15, 0.2) is 33.8 Å². The van der Waals surface area contributed by atoms with Gasteiger partial charge in [-0.25, -0.2) is 18.6 Å². The number of alkyl carbamates (subject to hydrolysis) is 1. The Hall–Kier alpha value is -3.50. The second kappa shape index (κ2) is 11.3. The second-order valence-electron chi connectivity index (χ2n) is 9.38. The van der Waals surface area contributed by atoms with E-state index in [4.69, 9.17) is 9.26 Å². The first-order chi connectivity index (χ1) is 16.5. The van der Waals surface area contributed by atoms with Gasteiger partial charge in [0.05, 0.1) is 12.6 Å². The molecule has 1 fully saturated rings. The molecule has 0 aliphatic heterocycles. The Bertz CT molecular complexity index is 1070. The van der Waals surface area contributed by atoms with E-state index in [0.717, 1.165) is 12.1 Å². The van der Waals surface area contributed by atoms with Crippen LogP contribution in [0.4, 0.5) is 19.4 Å². The highest BCUT2D eigenvalue weighted by molar-refractivity contribution is 6.09. The molecule has 0 bridgehead atoms. The summed E-state index contributed by atoms with van der Waals surface area (Å²) in [6, 6.07) is 4.45. The number of guanidine groups is 1. The van der Waals surface area contributed by atoms with E-state index < -0.39 is 23.6 Å². The lowest BCUT2D eigenvalue weighted by Gasteiger charge is -2.27. The Balaban J connectivity index is 1.74. The van der Waals surface area contributed by atoms with Crippen molar-refractivity contribution in [1.29, 1.82) is 0 Å². The van der Waals surface area contributed by atoms with E-state index in [1.54, 1.807) is 13.0 Å². The van der Waals surface area contributed by atoms with Crippen molar-refractivity contribution in [2.45, 2.75) is 70.9 Å². The SMILES string of the molecule is CCOC(=O)NC1CCC(N=C(NC(=O)c2ccc(F)c(F)c2)Nc2cc(C(C)(C)C)on2)CC1. The number of ether oxygens (including phenoxy) is 1. The number of carbonyl (C=O) groups is 2. The van der Waals surface area contributed by atoms with E-state index in [-0.39, 0.29) is 29.0 Å². The first kappa shape index (κ1) is 26.1. The Morgan fingerprint density at radius 1 is 1.14 bits per heavy atom. The molecule has 1 aliphatic rings. The zero-order chi connectivity index (χ0) is 25.6. The summed E-state index contributed by atoms with van der Waals surface area (Å²) in [7, 11) is 0. The van der Waals surface area contributed by atoms with Crippen LogP contribution >= 0.6 is 0 Å². The van der Waals surface area contributed by atoms with Crippen LogP contribution in [0.25, 0.3) is 0 Å². The number of hydrogen-bond acceptors (Lipinski definition) is 6. The predicted octanol–water partition coefficient (Wildman–Crippen LogP) is 4.51. The number of carbonyl (C=O) groups excluding carboxylic acids is 2. The standard InChI is InChI=1S/C24H31F2N5O4/c1-5-34-23(33)28-16-9-7-15(8-10-16)27-22(29-20-13-19(35-31-20)24(2,3)4)30-21(32)14-6-11-17(25)18(26)12-14/h6,11-13,15-16H,5,7-10H2,1-4H3,(H,28,33)(H2,27,29,30,31,32). The maximum absolute atomic E-state index is 13.6. The van der Waals surface area contributed by atoms with Gasteiger partial charge in [0.1, 0.15) is 5.76 Å². The molecule has 3 N–H and O–H groups in total. The summed E-state index contributed by atoms with van der Waals surface area (Å²) in [5.74, 6) is -1.74. The average molecular weight is 492 g/mol. The van der Waals surface area contributed by atoms with Crippen LogP contribution in [0.2, 0.25) is 0 Å². The lowest BCUT2D eigenvalue weighted by Crippen LogP contribution is -2.40. The summed E-state index contributed by atoms with van der Waals surface area (Å²) in [6.45, 7) is 7.96. The second-order valence-corrected chi connectivity index (χ2v) is 9.38. The van der Waals surface area contributed by atoms with Crippen molar-refractivity contribution in [3.8, 4) is 0 Å². The van der Waals surface area contributed by atoms with Crippen molar-refractivity contribution >= 4 is 23.8 Å². The number of halogens is 2. The topological polar surface area (TPSA) is 118 Å². The van der Waals surface area contributed by atoms with Crippen molar-refractivity contribution < 1.29 is 27.6 Å². The average Bonchev–Trinajstić information content (AvgIpc) is 3.26. The summed E-state index contributed by atoms with van der Waals surface area (Å²) in [6.07, 6.45) is 2.26. The number of benzene rings is 1. The molecule has 2 aromatic rings. The smallest absolute Gasteiger partial charge is 0.407 e. The molecule has 3 rings (SSSR count). The normalized spacial score (nSPS) is 18.6. The van der Waals surface area contributed by atoms with Crippen LogP contribution in [0.1, 0.15) is 69.5 Å². The molecule has 0 atom stereocenters. The van der Waals surface area contributed by atoms with Crippen molar-refractivity contribution in [3.05, 3.63) is 47.2 Å². The summed E-state index contributed by atoms with van der Waals surface area (Å²) in [5.41, 5.74) is -0.333. The largest absolute Gasteiger partial charge is 0.450 e.